The zero-order chi connectivity index (χ0) is 18.2. The first-order valence-electron chi connectivity index (χ1n) is 8.33. The predicted octanol–water partition coefficient (Wildman–Crippen LogP) is 4.30. The molecule has 0 spiro atoms. The van der Waals surface area contributed by atoms with Gasteiger partial charge in [-0.25, -0.2) is 5.01 Å². The van der Waals surface area contributed by atoms with Gasteiger partial charge in [0.1, 0.15) is 0 Å². The Morgan fingerprint density at radius 1 is 1.00 bits per heavy atom. The molecule has 1 amide bonds. The van der Waals surface area contributed by atoms with Crippen LogP contribution in [0.4, 0.5) is 5.69 Å². The van der Waals surface area contributed by atoms with E-state index in [0.717, 1.165) is 16.8 Å². The normalized spacial score (nSPS) is 12.8. The summed E-state index contributed by atoms with van der Waals surface area (Å²) in [4.78, 5) is 13.1. The van der Waals surface area contributed by atoms with Crippen LogP contribution in [-0.4, -0.2) is 23.2 Å². The third kappa shape index (κ3) is 3.71. The number of hydrogen-bond donors (Lipinski definition) is 1. The quantitative estimate of drug-likeness (QED) is 0.847. The fourth-order valence-corrected chi connectivity index (χ4v) is 2.85. The van der Waals surface area contributed by atoms with Gasteiger partial charge in [0.15, 0.2) is 11.5 Å². The number of carbonyl (C=O) groups is 1. The molecule has 0 fully saturated rings. The first-order chi connectivity index (χ1) is 11.7. The van der Waals surface area contributed by atoms with E-state index in [1.54, 1.807) is 5.01 Å². The molecule has 0 saturated carbocycles. The molecule has 2 aromatic carbocycles. The molecule has 0 bridgehead atoms. The van der Waals surface area contributed by atoms with Crippen molar-refractivity contribution in [3.05, 3.63) is 53.1 Å². The van der Waals surface area contributed by atoms with Gasteiger partial charge in [-0.1, -0.05) is 17.2 Å². The molecular weight excluding hydrogens is 316 g/mol. The number of amides is 1. The molecule has 2 aromatic rings. The smallest absolute Gasteiger partial charge is 0.272 e. The van der Waals surface area contributed by atoms with Gasteiger partial charge in [0.05, 0.1) is 11.2 Å². The number of fused-ring (bicyclic) bond motifs is 1. The molecular formula is C20H24N2O3. The number of hydrazine groups is 1. The van der Waals surface area contributed by atoms with Crippen LogP contribution in [0.3, 0.4) is 0 Å². The van der Waals surface area contributed by atoms with E-state index in [4.69, 9.17) is 9.47 Å². The van der Waals surface area contributed by atoms with Crippen LogP contribution in [0.25, 0.3) is 0 Å². The monoisotopic (exact) mass is 340 g/mol. The van der Waals surface area contributed by atoms with Gasteiger partial charge in [-0.2, -0.15) is 0 Å². The van der Waals surface area contributed by atoms with Crippen LogP contribution in [0.2, 0.25) is 0 Å². The number of ether oxygens (including phenoxy) is 2. The van der Waals surface area contributed by atoms with Crippen molar-refractivity contribution in [2.75, 3.05) is 12.2 Å². The second-order valence-electron chi connectivity index (χ2n) is 7.37. The van der Waals surface area contributed by atoms with Crippen molar-refractivity contribution in [3.63, 3.8) is 0 Å². The minimum absolute atomic E-state index is 0.0723. The van der Waals surface area contributed by atoms with Crippen molar-refractivity contribution in [2.24, 2.45) is 0 Å². The van der Waals surface area contributed by atoms with Gasteiger partial charge in [0.25, 0.3) is 5.91 Å². The average molecular weight is 340 g/mol. The maximum atomic E-state index is 13.1. The summed E-state index contributed by atoms with van der Waals surface area (Å²) >= 11 is 0. The molecule has 3 rings (SSSR count). The van der Waals surface area contributed by atoms with Gasteiger partial charge in [-0.15, -0.1) is 0 Å². The Kier molecular flexibility index (Phi) is 4.33. The third-order valence-corrected chi connectivity index (χ3v) is 3.96. The molecule has 25 heavy (non-hydrogen) atoms. The van der Waals surface area contributed by atoms with Crippen molar-refractivity contribution in [3.8, 4) is 11.5 Å². The van der Waals surface area contributed by atoms with Crippen molar-refractivity contribution < 1.29 is 14.3 Å². The number of nitrogens with one attached hydrogen (secondary N) is 1. The van der Waals surface area contributed by atoms with Gasteiger partial charge >= 0.3 is 0 Å². The van der Waals surface area contributed by atoms with E-state index < -0.39 is 5.54 Å². The molecule has 0 unspecified atom stereocenters. The highest BCUT2D eigenvalue weighted by Crippen LogP contribution is 2.35. The Labute approximate surface area is 148 Å². The average Bonchev–Trinajstić information content (AvgIpc) is 2.97. The molecule has 0 aromatic heterocycles. The molecule has 1 aliphatic heterocycles. The van der Waals surface area contributed by atoms with Crippen LogP contribution < -0.4 is 14.9 Å². The van der Waals surface area contributed by atoms with Crippen LogP contribution >= 0.6 is 0 Å². The first-order valence-corrected chi connectivity index (χ1v) is 8.33. The lowest BCUT2D eigenvalue weighted by Crippen LogP contribution is -2.49. The summed E-state index contributed by atoms with van der Waals surface area (Å²) in [6, 6.07) is 11.4. The topological polar surface area (TPSA) is 50.8 Å². The zero-order valence-corrected chi connectivity index (χ0v) is 15.3. The standard InChI is InChI=1S/C20H24N2O3/c1-13-8-14(2)10-15(9-13)19(23)22(20(3,4)5)21-16-6-7-17-18(11-16)25-12-24-17/h6-11,21H,12H2,1-5H3. The molecule has 5 nitrogen and oxygen atoms in total. The van der Waals surface area contributed by atoms with E-state index in [1.165, 1.54) is 0 Å². The molecule has 0 aliphatic carbocycles. The number of anilines is 1. The van der Waals surface area contributed by atoms with Gasteiger partial charge in [-0.05, 0) is 58.9 Å². The summed E-state index contributed by atoms with van der Waals surface area (Å²) in [7, 11) is 0. The number of nitrogens with zero attached hydrogens (tertiary/aromatic N) is 1. The van der Waals surface area contributed by atoms with E-state index >= 15 is 0 Å². The van der Waals surface area contributed by atoms with Crippen molar-refractivity contribution in [1.82, 2.24) is 5.01 Å². The lowest BCUT2D eigenvalue weighted by atomic mass is 10.0. The van der Waals surface area contributed by atoms with Gasteiger partial charge < -0.3 is 9.47 Å². The summed E-state index contributed by atoms with van der Waals surface area (Å²) in [6.45, 7) is 10.2. The molecule has 1 N–H and O–H groups in total. The fourth-order valence-electron chi connectivity index (χ4n) is 2.85. The van der Waals surface area contributed by atoms with E-state index in [2.05, 4.69) is 11.5 Å². The number of carbonyl (C=O) groups excluding carboxylic acids is 1. The van der Waals surface area contributed by atoms with Gasteiger partial charge in [-0.3, -0.25) is 10.2 Å². The van der Waals surface area contributed by atoms with Gasteiger partial charge in [0.2, 0.25) is 6.79 Å². The van der Waals surface area contributed by atoms with Crippen molar-refractivity contribution in [2.45, 2.75) is 40.2 Å². The minimum atomic E-state index is -0.412. The Hall–Kier alpha value is -2.69. The second-order valence-corrected chi connectivity index (χ2v) is 7.37. The SMILES string of the molecule is Cc1cc(C)cc(C(=O)N(Nc2ccc3c(c2)OCO3)C(C)(C)C)c1. The first kappa shape index (κ1) is 17.1. The number of benzene rings is 2. The Morgan fingerprint density at radius 2 is 1.64 bits per heavy atom. The minimum Gasteiger partial charge on any atom is -0.454 e. The largest absolute Gasteiger partial charge is 0.454 e. The van der Waals surface area contributed by atoms with Crippen molar-refractivity contribution in [1.29, 1.82) is 0 Å². The number of hydrogen-bond acceptors (Lipinski definition) is 4. The lowest BCUT2D eigenvalue weighted by Gasteiger charge is -2.36. The van der Waals surface area contributed by atoms with Crippen LogP contribution in [0, 0.1) is 13.8 Å². The maximum Gasteiger partial charge on any atom is 0.272 e. The lowest BCUT2D eigenvalue weighted by molar-refractivity contribution is 0.0652. The highest BCUT2D eigenvalue weighted by molar-refractivity contribution is 5.95. The third-order valence-electron chi connectivity index (χ3n) is 3.96. The Morgan fingerprint density at radius 3 is 2.28 bits per heavy atom. The van der Waals surface area contributed by atoms with Crippen LogP contribution in [0.5, 0.6) is 11.5 Å². The molecule has 0 saturated heterocycles. The Bertz CT molecular complexity index is 789. The van der Waals surface area contributed by atoms with Crippen LogP contribution in [0.1, 0.15) is 42.3 Å². The molecule has 0 radical (unpaired) electrons. The molecule has 132 valence electrons. The number of aryl methyl sites for hydroxylation is 2. The Balaban J connectivity index is 1.91. The number of rotatable bonds is 3. The summed E-state index contributed by atoms with van der Waals surface area (Å²) < 4.78 is 10.8. The second kappa shape index (κ2) is 6.31. The van der Waals surface area contributed by atoms with Crippen LogP contribution in [0.15, 0.2) is 36.4 Å². The molecule has 5 heteroatoms. The summed E-state index contributed by atoms with van der Waals surface area (Å²) in [5.74, 6) is 1.32. The maximum absolute atomic E-state index is 13.1. The summed E-state index contributed by atoms with van der Waals surface area (Å²) in [6.07, 6.45) is 0. The van der Waals surface area contributed by atoms with E-state index in [0.29, 0.717) is 17.1 Å². The molecule has 0 atom stereocenters. The van der Waals surface area contributed by atoms with E-state index in [1.807, 2.05) is 65.0 Å². The summed E-state index contributed by atoms with van der Waals surface area (Å²) in [5, 5.41) is 1.65. The zero-order valence-electron chi connectivity index (χ0n) is 15.3. The van der Waals surface area contributed by atoms with Crippen LogP contribution in [-0.2, 0) is 0 Å². The molecule has 1 aliphatic rings. The highest BCUT2D eigenvalue weighted by Gasteiger charge is 2.28. The highest BCUT2D eigenvalue weighted by atomic mass is 16.7. The predicted molar refractivity (Wildman–Crippen MR) is 98.0 cm³/mol. The van der Waals surface area contributed by atoms with Crippen molar-refractivity contribution >= 4 is 11.6 Å². The van der Waals surface area contributed by atoms with Gasteiger partial charge in [0, 0.05) is 11.6 Å². The van der Waals surface area contributed by atoms with E-state index in [-0.39, 0.29) is 12.7 Å². The van der Waals surface area contributed by atoms with E-state index in [9.17, 15) is 4.79 Å². The summed E-state index contributed by atoms with van der Waals surface area (Å²) in [5.41, 5.74) is 6.40. The fraction of sp³-hybridized carbons (Fsp3) is 0.350. The molecule has 1 heterocycles.